The Labute approximate surface area is 314 Å². The van der Waals surface area contributed by atoms with Crippen LogP contribution >= 0.6 is 0 Å². The maximum atomic E-state index is 11.6. The Morgan fingerprint density at radius 2 is 1.18 bits per heavy atom. The minimum Gasteiger partial charge on any atom is -0.744 e. The van der Waals surface area contributed by atoms with E-state index >= 15 is 0 Å². The molecule has 0 N–H and O–H groups in total. The zero-order chi connectivity index (χ0) is 34.4. The molecule has 0 amide bonds. The van der Waals surface area contributed by atoms with Crippen LogP contribution in [0.4, 0.5) is 11.4 Å². The first-order valence-corrected chi connectivity index (χ1v) is 17.8. The summed E-state index contributed by atoms with van der Waals surface area (Å²) in [5.74, 6) is 0. The van der Waals surface area contributed by atoms with Crippen molar-refractivity contribution in [2.24, 2.45) is 0 Å². The number of allylic oxidation sites excluding steroid dienone is 5. The van der Waals surface area contributed by atoms with E-state index in [2.05, 4.69) is 147 Å². The van der Waals surface area contributed by atoms with E-state index in [0.717, 1.165) is 46.8 Å². The first-order valence-electron chi connectivity index (χ1n) is 16.4. The molecule has 1 aliphatic carbocycles. The summed E-state index contributed by atoms with van der Waals surface area (Å²) in [5, 5.41) is 0. The molecule has 6 nitrogen and oxygen atoms in total. The first-order chi connectivity index (χ1) is 23.0. The molecule has 5 rings (SSSR count). The Bertz CT molecular complexity index is 2010. The van der Waals surface area contributed by atoms with Crippen LogP contribution in [0.3, 0.4) is 0 Å². The van der Waals surface area contributed by atoms with Gasteiger partial charge < -0.3 is 14.4 Å². The Morgan fingerprint density at radius 3 is 1.65 bits per heavy atom. The summed E-state index contributed by atoms with van der Waals surface area (Å²) in [6.45, 7) is 11.6. The van der Waals surface area contributed by atoms with Gasteiger partial charge in [0.05, 0.1) is 4.90 Å². The number of hydrogen-bond acceptors (Lipinski definition) is 5. The molecule has 4 aromatic rings. The van der Waals surface area contributed by atoms with Crippen LogP contribution in [0.5, 0.6) is 0 Å². The van der Waals surface area contributed by atoms with Crippen LogP contribution in [0.2, 0.25) is 0 Å². The summed E-state index contributed by atoms with van der Waals surface area (Å²) in [6, 6.07) is 30.2. The Kier molecular flexibility index (Phi) is 13.1. The number of rotatable bonds is 11. The minimum atomic E-state index is -4.52. The Hall–Kier alpha value is -3.72. The fourth-order valence-corrected chi connectivity index (χ4v) is 6.77. The third-order valence-corrected chi connectivity index (χ3v) is 9.73. The van der Waals surface area contributed by atoms with Crippen molar-refractivity contribution < 1.29 is 47.1 Å². The van der Waals surface area contributed by atoms with E-state index in [1.54, 1.807) is 6.07 Å². The molecule has 4 aromatic carbocycles. The molecule has 248 valence electrons. The van der Waals surface area contributed by atoms with Gasteiger partial charge in [0.15, 0.2) is 5.71 Å². The van der Waals surface area contributed by atoms with Gasteiger partial charge in [0, 0.05) is 49.7 Å². The van der Waals surface area contributed by atoms with Crippen LogP contribution in [0.1, 0.15) is 47.2 Å². The second kappa shape index (κ2) is 16.8. The number of aryl methyl sites for hydroxylation is 2. The third kappa shape index (κ3) is 9.30. The van der Waals surface area contributed by atoms with E-state index in [1.165, 1.54) is 40.1 Å². The summed E-state index contributed by atoms with van der Waals surface area (Å²) in [6.07, 6.45) is 8.73. The van der Waals surface area contributed by atoms with E-state index in [0.29, 0.717) is 13.1 Å². The summed E-state index contributed by atoms with van der Waals surface area (Å²) in [7, 11) is -0.416. The largest absolute Gasteiger partial charge is 1.00 e. The van der Waals surface area contributed by atoms with Crippen molar-refractivity contribution in [3.8, 4) is 0 Å². The molecular weight excluding hydrogens is 638 g/mol. The normalized spacial score (nSPS) is 12.5. The topological polar surface area (TPSA) is 66.7 Å². The van der Waals surface area contributed by atoms with Crippen molar-refractivity contribution in [2.45, 2.75) is 45.7 Å². The molecule has 8 heteroatoms. The predicted molar refractivity (Wildman–Crippen MR) is 198 cm³/mol. The third-order valence-electron chi connectivity index (χ3n) is 8.90. The fraction of sp³-hybridized carbons (Fsp3) is 0.244. The quantitative estimate of drug-likeness (QED) is 0.128. The average molecular weight is 683 g/mol. The molecule has 0 atom stereocenters. The second-order valence-corrected chi connectivity index (χ2v) is 13.8. The molecule has 0 radical (unpaired) electrons. The monoisotopic (exact) mass is 682 g/mol. The molecule has 0 bridgehead atoms. The molecule has 49 heavy (non-hydrogen) atoms. The van der Waals surface area contributed by atoms with Crippen molar-refractivity contribution in [3.63, 3.8) is 0 Å². The Morgan fingerprint density at radius 1 is 0.673 bits per heavy atom. The molecule has 0 spiro atoms. The van der Waals surface area contributed by atoms with Crippen molar-refractivity contribution in [3.05, 3.63) is 154 Å². The van der Waals surface area contributed by atoms with Crippen molar-refractivity contribution >= 4 is 32.8 Å². The molecule has 0 heterocycles. The molecule has 1 aliphatic rings. The maximum Gasteiger partial charge on any atom is 1.00 e. The van der Waals surface area contributed by atoms with Gasteiger partial charge in [-0.15, -0.1) is 0 Å². The SMILES string of the molecule is CCN(Cc1ccccc1)c1ccc(C(=C2C=CC(=[N+](C)C)C=C2)c2ccc(N(CC)Cc3cccc(S(=O)(=O)[O-])c3)cc2C)c(C)c1.[Na+]. The predicted octanol–water partition coefficient (Wildman–Crippen LogP) is 4.91. The maximum absolute atomic E-state index is 11.6. The van der Waals surface area contributed by atoms with Gasteiger partial charge in [-0.25, -0.2) is 13.0 Å². The van der Waals surface area contributed by atoms with Crippen molar-refractivity contribution in [2.75, 3.05) is 37.0 Å². The van der Waals surface area contributed by atoms with Gasteiger partial charge in [0.25, 0.3) is 0 Å². The molecular formula is C41H45N3NaO3S+. The van der Waals surface area contributed by atoms with E-state index in [-0.39, 0.29) is 34.5 Å². The fourth-order valence-electron chi connectivity index (χ4n) is 6.23. The average Bonchev–Trinajstić information content (AvgIpc) is 3.08. The van der Waals surface area contributed by atoms with Crippen molar-refractivity contribution in [1.29, 1.82) is 0 Å². The van der Waals surface area contributed by atoms with E-state index in [1.807, 2.05) is 6.07 Å². The van der Waals surface area contributed by atoms with Gasteiger partial charge in [-0.2, -0.15) is 0 Å². The molecule has 0 fully saturated rings. The van der Waals surface area contributed by atoms with Crippen LogP contribution < -0.4 is 39.4 Å². The van der Waals surface area contributed by atoms with Crippen LogP contribution in [0.25, 0.3) is 5.57 Å². The van der Waals surface area contributed by atoms with Gasteiger partial charge in [0.2, 0.25) is 0 Å². The first kappa shape index (κ1) is 38.1. The van der Waals surface area contributed by atoms with E-state index in [9.17, 15) is 13.0 Å². The zero-order valence-electron chi connectivity index (χ0n) is 29.8. The van der Waals surface area contributed by atoms with Crippen LogP contribution in [-0.2, 0) is 23.2 Å². The standard InChI is InChI=1S/C41H45N3O3S.Na/c1-7-43(28-32-13-10-9-11-14-32)36-21-23-39(30(3)25-36)41(34-17-19-35(20-18-34)42(5)6)40-24-22-37(26-31(40)4)44(8-2)29-33-15-12-16-38(27-33)48(45,46)47;/h9-27H,7-8,28-29H2,1-6H3;/q;+1. The summed E-state index contributed by atoms with van der Waals surface area (Å²) >= 11 is 0. The van der Waals surface area contributed by atoms with Gasteiger partial charge >= 0.3 is 29.6 Å². The molecule has 0 saturated carbocycles. The van der Waals surface area contributed by atoms with E-state index < -0.39 is 10.1 Å². The van der Waals surface area contributed by atoms with Crippen LogP contribution in [-0.4, -0.2) is 50.4 Å². The molecule has 0 saturated heterocycles. The molecule has 0 unspecified atom stereocenters. The minimum absolute atomic E-state index is 0. The number of anilines is 2. The van der Waals surface area contributed by atoms with Crippen molar-refractivity contribution in [1.82, 2.24) is 0 Å². The summed E-state index contributed by atoms with van der Waals surface area (Å²) < 4.78 is 37.0. The van der Waals surface area contributed by atoms with Gasteiger partial charge in [0.1, 0.15) is 24.2 Å². The van der Waals surface area contributed by atoms with Gasteiger partial charge in [-0.05, 0) is 121 Å². The second-order valence-electron chi connectivity index (χ2n) is 12.4. The number of hydrogen-bond donors (Lipinski definition) is 0. The molecule has 0 aromatic heterocycles. The Balaban J connectivity index is 0.00000541. The summed E-state index contributed by atoms with van der Waals surface area (Å²) in [5.41, 5.74) is 12.4. The number of benzene rings is 4. The van der Waals surface area contributed by atoms with E-state index in [4.69, 9.17) is 0 Å². The smallest absolute Gasteiger partial charge is 0.744 e. The van der Waals surface area contributed by atoms with Gasteiger partial charge in [-0.3, -0.25) is 0 Å². The van der Waals surface area contributed by atoms with Crippen LogP contribution in [0.15, 0.2) is 126 Å². The number of nitrogens with zero attached hydrogens (tertiary/aromatic N) is 3. The zero-order valence-corrected chi connectivity index (χ0v) is 32.6. The van der Waals surface area contributed by atoms with Crippen LogP contribution in [0, 0.1) is 13.8 Å². The summed E-state index contributed by atoms with van der Waals surface area (Å²) in [4.78, 5) is 4.38. The van der Waals surface area contributed by atoms with Gasteiger partial charge in [-0.1, -0.05) is 54.6 Å². The molecule has 0 aliphatic heterocycles.